The van der Waals surface area contributed by atoms with Crippen molar-refractivity contribution in [2.45, 2.75) is 12.7 Å². The van der Waals surface area contributed by atoms with Crippen molar-refractivity contribution >= 4 is 5.91 Å². The summed E-state index contributed by atoms with van der Waals surface area (Å²) in [5, 5.41) is 9.94. The van der Waals surface area contributed by atoms with Gasteiger partial charge in [-0.15, -0.1) is 0 Å². The molecule has 0 heterocycles. The van der Waals surface area contributed by atoms with Crippen molar-refractivity contribution in [2.24, 2.45) is 0 Å². The molecule has 1 amide bonds. The third kappa shape index (κ3) is 5.40. The molecule has 0 bridgehead atoms. The molecule has 1 N–H and O–H groups in total. The van der Waals surface area contributed by atoms with Crippen LogP contribution in [0.25, 0.3) is 0 Å². The van der Waals surface area contributed by atoms with E-state index in [-0.39, 0.29) is 18.7 Å². The highest BCUT2D eigenvalue weighted by atomic mass is 19.1. The van der Waals surface area contributed by atoms with E-state index in [0.717, 1.165) is 17.7 Å². The molecule has 6 heteroatoms. The summed E-state index contributed by atoms with van der Waals surface area (Å²) in [6.45, 7) is 0.389. The maximum Gasteiger partial charge on any atom is 0.253 e. The highest BCUT2D eigenvalue weighted by molar-refractivity contribution is 5.94. The first-order valence-electron chi connectivity index (χ1n) is 7.47. The molecular weight excluding hydrogens is 316 g/mol. The van der Waals surface area contributed by atoms with Crippen molar-refractivity contribution in [1.82, 2.24) is 4.90 Å². The molecule has 0 aliphatic carbocycles. The second-order valence-electron chi connectivity index (χ2n) is 5.50. The van der Waals surface area contributed by atoms with Gasteiger partial charge in [0.15, 0.2) is 0 Å². The standard InChI is InChI=1S/C18H19F2NO3/c1-21(18(23)14-7-15(19)9-16(20)8-14)10-17(22)12-24-11-13-5-3-2-4-6-13/h2-9,17,22H,10-12H2,1H3. The minimum absolute atomic E-state index is 0.00818. The van der Waals surface area contributed by atoms with Crippen molar-refractivity contribution in [1.29, 1.82) is 0 Å². The highest BCUT2D eigenvalue weighted by Crippen LogP contribution is 2.10. The van der Waals surface area contributed by atoms with Gasteiger partial charge in [-0.2, -0.15) is 0 Å². The van der Waals surface area contributed by atoms with Gasteiger partial charge < -0.3 is 14.7 Å². The van der Waals surface area contributed by atoms with E-state index in [4.69, 9.17) is 4.74 Å². The monoisotopic (exact) mass is 335 g/mol. The molecule has 0 fully saturated rings. The van der Waals surface area contributed by atoms with E-state index < -0.39 is 23.6 Å². The van der Waals surface area contributed by atoms with E-state index in [0.29, 0.717) is 12.7 Å². The van der Waals surface area contributed by atoms with Gasteiger partial charge in [-0.3, -0.25) is 4.79 Å². The summed E-state index contributed by atoms with van der Waals surface area (Å²) in [7, 11) is 1.45. The highest BCUT2D eigenvalue weighted by Gasteiger charge is 2.17. The first-order chi connectivity index (χ1) is 11.5. The molecular formula is C18H19F2NO3. The lowest BCUT2D eigenvalue weighted by atomic mass is 10.2. The zero-order chi connectivity index (χ0) is 17.5. The van der Waals surface area contributed by atoms with E-state index in [1.165, 1.54) is 11.9 Å². The summed E-state index contributed by atoms with van der Waals surface area (Å²) in [5.41, 5.74) is 0.872. The largest absolute Gasteiger partial charge is 0.389 e. The quantitative estimate of drug-likeness (QED) is 0.846. The normalized spacial score (nSPS) is 12.0. The number of ether oxygens (including phenoxy) is 1. The number of nitrogens with zero attached hydrogens (tertiary/aromatic N) is 1. The van der Waals surface area contributed by atoms with Gasteiger partial charge in [-0.25, -0.2) is 8.78 Å². The molecule has 1 unspecified atom stereocenters. The van der Waals surface area contributed by atoms with Crippen LogP contribution in [0, 0.1) is 11.6 Å². The van der Waals surface area contributed by atoms with Crippen LogP contribution in [0.2, 0.25) is 0 Å². The Balaban J connectivity index is 1.82. The fraction of sp³-hybridized carbons (Fsp3) is 0.278. The molecule has 1 atom stereocenters. The maximum absolute atomic E-state index is 13.2. The van der Waals surface area contributed by atoms with E-state index in [2.05, 4.69) is 0 Å². The van der Waals surface area contributed by atoms with Gasteiger partial charge in [-0.1, -0.05) is 30.3 Å². The number of hydrogen-bond donors (Lipinski definition) is 1. The predicted molar refractivity (Wildman–Crippen MR) is 85.4 cm³/mol. The molecule has 0 saturated heterocycles. The SMILES string of the molecule is CN(CC(O)COCc1ccccc1)C(=O)c1cc(F)cc(F)c1. The first kappa shape index (κ1) is 18.0. The molecule has 128 valence electrons. The van der Waals surface area contributed by atoms with Crippen LogP contribution in [-0.4, -0.2) is 42.2 Å². The number of rotatable bonds is 7. The number of aliphatic hydroxyl groups is 1. The lowest BCUT2D eigenvalue weighted by molar-refractivity contribution is 0.0137. The Kier molecular flexibility index (Phi) is 6.40. The second-order valence-corrected chi connectivity index (χ2v) is 5.50. The Morgan fingerprint density at radius 2 is 1.79 bits per heavy atom. The van der Waals surface area contributed by atoms with Gasteiger partial charge in [0, 0.05) is 25.2 Å². The number of likely N-dealkylation sites (N-methyl/N-ethyl adjacent to an activating group) is 1. The van der Waals surface area contributed by atoms with Crippen molar-refractivity contribution < 1.29 is 23.4 Å². The van der Waals surface area contributed by atoms with Crippen LogP contribution in [0.4, 0.5) is 8.78 Å². The zero-order valence-corrected chi connectivity index (χ0v) is 13.3. The van der Waals surface area contributed by atoms with Crippen LogP contribution >= 0.6 is 0 Å². The van der Waals surface area contributed by atoms with E-state index in [1.807, 2.05) is 30.3 Å². The summed E-state index contributed by atoms with van der Waals surface area (Å²) in [6.07, 6.45) is -0.902. The molecule has 0 radical (unpaired) electrons. The van der Waals surface area contributed by atoms with E-state index in [9.17, 15) is 18.7 Å². The molecule has 2 aromatic rings. The number of benzene rings is 2. The van der Waals surface area contributed by atoms with Crippen LogP contribution in [0.5, 0.6) is 0 Å². The number of amides is 1. The summed E-state index contributed by atoms with van der Waals surface area (Å²) >= 11 is 0. The first-order valence-corrected chi connectivity index (χ1v) is 7.47. The van der Waals surface area contributed by atoms with E-state index in [1.54, 1.807) is 0 Å². The second kappa shape index (κ2) is 8.52. The van der Waals surface area contributed by atoms with Gasteiger partial charge in [-0.05, 0) is 17.7 Å². The molecule has 2 rings (SSSR count). The minimum Gasteiger partial charge on any atom is -0.389 e. The number of carbonyl (C=O) groups excluding carboxylic acids is 1. The predicted octanol–water partition coefficient (Wildman–Crippen LogP) is 2.61. The van der Waals surface area contributed by atoms with E-state index >= 15 is 0 Å². The summed E-state index contributed by atoms with van der Waals surface area (Å²) in [4.78, 5) is 13.3. The minimum atomic E-state index is -0.902. The average Bonchev–Trinajstić information content (AvgIpc) is 2.54. The summed E-state index contributed by atoms with van der Waals surface area (Å²) < 4.78 is 31.7. The lowest BCUT2D eigenvalue weighted by Crippen LogP contribution is -2.36. The molecule has 0 spiro atoms. The third-order valence-electron chi connectivity index (χ3n) is 3.36. The molecule has 24 heavy (non-hydrogen) atoms. The topological polar surface area (TPSA) is 49.8 Å². The Hall–Kier alpha value is -2.31. The maximum atomic E-state index is 13.2. The average molecular weight is 335 g/mol. The van der Waals surface area contributed by atoms with Crippen LogP contribution in [0.3, 0.4) is 0 Å². The molecule has 0 aliphatic rings. The Bertz CT molecular complexity index is 659. The molecule has 4 nitrogen and oxygen atoms in total. The van der Waals surface area contributed by atoms with Gasteiger partial charge in [0.05, 0.1) is 19.3 Å². The lowest BCUT2D eigenvalue weighted by Gasteiger charge is -2.21. The molecule has 2 aromatic carbocycles. The van der Waals surface area contributed by atoms with Crippen molar-refractivity contribution in [3.05, 3.63) is 71.3 Å². The number of halogens is 2. The van der Waals surface area contributed by atoms with Crippen LogP contribution in [0.1, 0.15) is 15.9 Å². The van der Waals surface area contributed by atoms with Crippen LogP contribution in [0.15, 0.2) is 48.5 Å². The zero-order valence-electron chi connectivity index (χ0n) is 13.3. The smallest absolute Gasteiger partial charge is 0.253 e. The summed E-state index contributed by atoms with van der Waals surface area (Å²) in [6, 6.07) is 12.1. The number of carbonyl (C=O) groups is 1. The summed E-state index contributed by atoms with van der Waals surface area (Å²) in [5.74, 6) is -2.22. The van der Waals surface area contributed by atoms with Crippen molar-refractivity contribution in [3.8, 4) is 0 Å². The Morgan fingerprint density at radius 1 is 1.17 bits per heavy atom. The fourth-order valence-corrected chi connectivity index (χ4v) is 2.24. The van der Waals surface area contributed by atoms with Crippen molar-refractivity contribution in [2.75, 3.05) is 20.2 Å². The van der Waals surface area contributed by atoms with Gasteiger partial charge in [0.25, 0.3) is 5.91 Å². The van der Waals surface area contributed by atoms with Gasteiger partial charge in [0.2, 0.25) is 0 Å². The Labute approximate surface area is 139 Å². The molecule has 0 aromatic heterocycles. The van der Waals surface area contributed by atoms with Crippen molar-refractivity contribution in [3.63, 3.8) is 0 Å². The third-order valence-corrected chi connectivity index (χ3v) is 3.36. The van der Waals surface area contributed by atoms with Crippen LogP contribution in [-0.2, 0) is 11.3 Å². The van der Waals surface area contributed by atoms with Gasteiger partial charge >= 0.3 is 0 Å². The molecule has 0 aliphatic heterocycles. The number of aliphatic hydroxyl groups excluding tert-OH is 1. The fourth-order valence-electron chi connectivity index (χ4n) is 2.24. The Morgan fingerprint density at radius 3 is 2.42 bits per heavy atom. The number of hydrogen-bond acceptors (Lipinski definition) is 3. The van der Waals surface area contributed by atoms with Gasteiger partial charge in [0.1, 0.15) is 11.6 Å². The molecule has 0 saturated carbocycles. The van der Waals surface area contributed by atoms with Crippen LogP contribution < -0.4 is 0 Å².